The molecular formula is C32H47NO4. The molecule has 0 unspecified atom stereocenters. The Morgan fingerprint density at radius 1 is 0.703 bits per heavy atom. The van der Waals surface area contributed by atoms with Crippen LogP contribution in [0.3, 0.4) is 0 Å². The lowest BCUT2D eigenvalue weighted by Gasteiger charge is -2.12. The van der Waals surface area contributed by atoms with E-state index < -0.39 is 12.1 Å². The standard InChI is InChI=1S/C32H47NO4/c1-3-4-5-6-7-8-9-10-11-12-13-14-15-19-24-36-32(35)33-30-23-22-27(2)25-29(30)31(34)37-26-28-20-17-16-18-21-28/h16-18,20-23,25H,3-15,19,24,26H2,1-2H3,(H,33,35). The van der Waals surface area contributed by atoms with Gasteiger partial charge < -0.3 is 9.47 Å². The molecule has 2 aromatic carbocycles. The number of hydrogen-bond acceptors (Lipinski definition) is 4. The predicted molar refractivity (Wildman–Crippen MR) is 152 cm³/mol. The number of benzene rings is 2. The van der Waals surface area contributed by atoms with Crippen molar-refractivity contribution in [3.8, 4) is 0 Å². The van der Waals surface area contributed by atoms with Crippen LogP contribution in [0.25, 0.3) is 0 Å². The summed E-state index contributed by atoms with van der Waals surface area (Å²) in [5, 5.41) is 2.70. The van der Waals surface area contributed by atoms with Crippen LogP contribution >= 0.6 is 0 Å². The van der Waals surface area contributed by atoms with Gasteiger partial charge in [0.05, 0.1) is 17.9 Å². The summed E-state index contributed by atoms with van der Waals surface area (Å²) in [7, 11) is 0. The lowest BCUT2D eigenvalue weighted by atomic mass is 10.0. The number of nitrogens with one attached hydrogen (secondary N) is 1. The second-order valence-corrected chi connectivity index (χ2v) is 9.97. The molecule has 0 saturated heterocycles. The van der Waals surface area contributed by atoms with E-state index in [0.29, 0.717) is 17.9 Å². The van der Waals surface area contributed by atoms with Crippen molar-refractivity contribution >= 4 is 17.7 Å². The molecule has 0 aliphatic rings. The Kier molecular flexibility index (Phi) is 15.9. The van der Waals surface area contributed by atoms with E-state index in [2.05, 4.69) is 12.2 Å². The van der Waals surface area contributed by atoms with Crippen molar-refractivity contribution in [2.75, 3.05) is 11.9 Å². The molecule has 0 aromatic heterocycles. The van der Waals surface area contributed by atoms with E-state index in [1.54, 1.807) is 12.1 Å². The first-order valence-corrected chi connectivity index (χ1v) is 14.4. The molecule has 0 atom stereocenters. The minimum Gasteiger partial charge on any atom is -0.457 e. The average molecular weight is 510 g/mol. The molecule has 0 heterocycles. The van der Waals surface area contributed by atoms with Crippen LogP contribution in [-0.4, -0.2) is 18.7 Å². The number of aryl methyl sites for hydroxylation is 1. The van der Waals surface area contributed by atoms with E-state index in [0.717, 1.165) is 24.0 Å². The lowest BCUT2D eigenvalue weighted by molar-refractivity contribution is 0.0474. The van der Waals surface area contributed by atoms with E-state index in [4.69, 9.17) is 9.47 Å². The lowest BCUT2D eigenvalue weighted by Crippen LogP contribution is -2.17. The van der Waals surface area contributed by atoms with E-state index in [1.165, 1.54) is 77.0 Å². The van der Waals surface area contributed by atoms with Gasteiger partial charge >= 0.3 is 12.1 Å². The smallest absolute Gasteiger partial charge is 0.411 e. The summed E-state index contributed by atoms with van der Waals surface area (Å²) in [4.78, 5) is 25.0. The molecule has 2 aromatic rings. The molecule has 1 N–H and O–H groups in total. The van der Waals surface area contributed by atoms with Crippen molar-refractivity contribution in [3.05, 3.63) is 65.2 Å². The van der Waals surface area contributed by atoms with Crippen LogP contribution in [0.5, 0.6) is 0 Å². The molecule has 1 amide bonds. The molecule has 2 rings (SSSR count). The minimum absolute atomic E-state index is 0.177. The van der Waals surface area contributed by atoms with E-state index in [9.17, 15) is 9.59 Å². The number of esters is 1. The zero-order chi connectivity index (χ0) is 26.6. The first kappa shape index (κ1) is 30.4. The van der Waals surface area contributed by atoms with Gasteiger partial charge in [-0.1, -0.05) is 132 Å². The van der Waals surface area contributed by atoms with Gasteiger partial charge in [-0.25, -0.2) is 9.59 Å². The third kappa shape index (κ3) is 13.9. The van der Waals surface area contributed by atoms with Crippen LogP contribution in [0, 0.1) is 6.92 Å². The molecule has 0 saturated carbocycles. The molecule has 0 aliphatic heterocycles. The number of ether oxygens (including phenoxy) is 2. The van der Waals surface area contributed by atoms with Gasteiger partial charge in [0.15, 0.2) is 0 Å². The van der Waals surface area contributed by atoms with Gasteiger partial charge in [0.1, 0.15) is 6.61 Å². The molecule has 0 radical (unpaired) electrons. The molecule has 5 heteroatoms. The summed E-state index contributed by atoms with van der Waals surface area (Å²) < 4.78 is 10.8. The molecular weight excluding hydrogens is 462 g/mol. The Morgan fingerprint density at radius 3 is 1.86 bits per heavy atom. The van der Waals surface area contributed by atoms with Crippen molar-refractivity contribution < 1.29 is 19.1 Å². The Labute approximate surface area is 224 Å². The monoisotopic (exact) mass is 509 g/mol. The summed E-state index contributed by atoms with van der Waals surface area (Å²) in [6.45, 7) is 4.72. The Balaban J connectivity index is 1.56. The highest BCUT2D eigenvalue weighted by Crippen LogP contribution is 2.20. The molecule has 0 spiro atoms. The highest BCUT2D eigenvalue weighted by atomic mass is 16.5. The second-order valence-electron chi connectivity index (χ2n) is 9.97. The highest BCUT2D eigenvalue weighted by Gasteiger charge is 2.16. The third-order valence-electron chi connectivity index (χ3n) is 6.58. The summed E-state index contributed by atoms with van der Waals surface area (Å²) in [6, 6.07) is 14.8. The largest absolute Gasteiger partial charge is 0.457 e. The fourth-order valence-electron chi connectivity index (χ4n) is 4.34. The molecule has 0 aliphatic carbocycles. The Morgan fingerprint density at radius 2 is 1.27 bits per heavy atom. The van der Waals surface area contributed by atoms with Crippen LogP contribution in [0.15, 0.2) is 48.5 Å². The second kappa shape index (κ2) is 19.3. The maximum atomic E-state index is 12.7. The minimum atomic E-state index is -0.546. The van der Waals surface area contributed by atoms with Gasteiger partial charge in [-0.15, -0.1) is 0 Å². The van der Waals surface area contributed by atoms with Crippen LogP contribution in [-0.2, 0) is 16.1 Å². The molecule has 204 valence electrons. The average Bonchev–Trinajstić information content (AvgIpc) is 2.91. The summed E-state index contributed by atoms with van der Waals surface area (Å²) in [5.41, 5.74) is 2.54. The van der Waals surface area contributed by atoms with E-state index in [1.807, 2.05) is 43.3 Å². The third-order valence-corrected chi connectivity index (χ3v) is 6.58. The number of unbranched alkanes of at least 4 members (excludes halogenated alkanes) is 13. The van der Waals surface area contributed by atoms with Crippen molar-refractivity contribution in [1.29, 1.82) is 0 Å². The molecule has 37 heavy (non-hydrogen) atoms. The number of amides is 1. The number of rotatable bonds is 19. The zero-order valence-corrected chi connectivity index (χ0v) is 23.1. The summed E-state index contributed by atoms with van der Waals surface area (Å²) in [5.74, 6) is -0.477. The predicted octanol–water partition coefficient (Wildman–Crippen LogP) is 9.38. The maximum Gasteiger partial charge on any atom is 0.411 e. The van der Waals surface area contributed by atoms with Crippen molar-refractivity contribution in [1.82, 2.24) is 0 Å². The van der Waals surface area contributed by atoms with Crippen molar-refractivity contribution in [3.63, 3.8) is 0 Å². The fourth-order valence-corrected chi connectivity index (χ4v) is 4.34. The maximum absolute atomic E-state index is 12.7. The molecule has 5 nitrogen and oxygen atoms in total. The number of anilines is 1. The van der Waals surface area contributed by atoms with Gasteiger partial charge in [0, 0.05) is 0 Å². The Bertz CT molecular complexity index is 897. The summed E-state index contributed by atoms with van der Waals surface area (Å²) >= 11 is 0. The van der Waals surface area contributed by atoms with E-state index >= 15 is 0 Å². The van der Waals surface area contributed by atoms with Gasteiger partial charge in [-0.3, -0.25) is 5.32 Å². The van der Waals surface area contributed by atoms with Gasteiger partial charge in [-0.2, -0.15) is 0 Å². The van der Waals surface area contributed by atoms with Crippen LogP contribution in [0.4, 0.5) is 10.5 Å². The van der Waals surface area contributed by atoms with E-state index in [-0.39, 0.29) is 6.61 Å². The SMILES string of the molecule is CCCCCCCCCCCCCCCCOC(=O)Nc1ccc(C)cc1C(=O)OCc1ccccc1. The highest BCUT2D eigenvalue weighted by molar-refractivity contribution is 5.99. The van der Waals surface area contributed by atoms with Crippen LogP contribution < -0.4 is 5.32 Å². The van der Waals surface area contributed by atoms with Gasteiger partial charge in [0.2, 0.25) is 0 Å². The summed E-state index contributed by atoms with van der Waals surface area (Å²) in [6.07, 6.45) is 17.5. The first-order chi connectivity index (χ1) is 18.1. The topological polar surface area (TPSA) is 64.6 Å². The van der Waals surface area contributed by atoms with Crippen LogP contribution in [0.1, 0.15) is 118 Å². The van der Waals surface area contributed by atoms with Crippen molar-refractivity contribution in [2.24, 2.45) is 0 Å². The van der Waals surface area contributed by atoms with Crippen molar-refractivity contribution in [2.45, 2.75) is 110 Å². The molecule has 0 bridgehead atoms. The Hall–Kier alpha value is -2.82. The number of carbonyl (C=O) groups is 2. The zero-order valence-electron chi connectivity index (χ0n) is 23.1. The fraction of sp³-hybridized carbons (Fsp3) is 0.562. The quantitative estimate of drug-likeness (QED) is 0.151. The normalized spacial score (nSPS) is 10.8. The first-order valence-electron chi connectivity index (χ1n) is 14.4. The van der Waals surface area contributed by atoms with Gasteiger partial charge in [0.25, 0.3) is 0 Å². The number of hydrogen-bond donors (Lipinski definition) is 1. The van der Waals surface area contributed by atoms with Gasteiger partial charge in [-0.05, 0) is 31.0 Å². The van der Waals surface area contributed by atoms with Crippen LogP contribution in [0.2, 0.25) is 0 Å². The number of carbonyl (C=O) groups excluding carboxylic acids is 2. The molecule has 0 fully saturated rings.